The highest BCUT2D eigenvalue weighted by Crippen LogP contribution is 2.61. The summed E-state index contributed by atoms with van der Waals surface area (Å²) in [5.41, 5.74) is -0.102. The van der Waals surface area contributed by atoms with E-state index >= 15 is 0 Å². The fourth-order valence-corrected chi connectivity index (χ4v) is 5.57. The Morgan fingerprint density at radius 3 is 2.51 bits per heavy atom. The molecule has 10 heteroatoms. The third-order valence-electron chi connectivity index (χ3n) is 7.05. The van der Waals surface area contributed by atoms with Crippen molar-refractivity contribution in [3.63, 3.8) is 0 Å². The number of carbonyl (C=O) groups excluding carboxylic acids is 1. The average molecular weight is 491 g/mol. The van der Waals surface area contributed by atoms with Crippen LogP contribution in [0.5, 0.6) is 0 Å². The minimum Gasteiger partial charge on any atom is -0.378 e. The lowest BCUT2D eigenvalue weighted by molar-refractivity contribution is -0.178. The number of nitrogens with one attached hydrogen (secondary N) is 1. The molecule has 1 saturated carbocycles. The molecule has 1 aliphatic heterocycles. The number of fused-ring (bicyclic) bond motifs is 3. The number of carbonyl (C=O) groups is 1. The van der Waals surface area contributed by atoms with Crippen LogP contribution in [0, 0.1) is 6.92 Å². The zero-order chi connectivity index (χ0) is 25.3. The molecule has 0 amide bonds. The Labute approximate surface area is 197 Å². The second-order valence-electron chi connectivity index (χ2n) is 9.68. The zero-order valence-electron chi connectivity index (χ0n) is 18.9. The molecule has 0 bridgehead atoms. The smallest absolute Gasteiger partial charge is 0.378 e. The summed E-state index contributed by atoms with van der Waals surface area (Å²) >= 11 is 0. The molecule has 2 aromatic carbocycles. The van der Waals surface area contributed by atoms with Crippen LogP contribution in [0.15, 0.2) is 41.2 Å². The number of para-hydroxylation sites is 1. The van der Waals surface area contributed by atoms with E-state index < -0.39 is 54.4 Å². The van der Waals surface area contributed by atoms with E-state index in [9.17, 15) is 31.5 Å². The molecule has 3 aromatic rings. The predicted molar refractivity (Wildman–Crippen MR) is 120 cm³/mol. The number of rotatable bonds is 4. The fraction of sp³-hybridized carbons (Fsp3) is 0.400. The maximum Gasteiger partial charge on any atom is 0.409 e. The van der Waals surface area contributed by atoms with Crippen molar-refractivity contribution >= 4 is 22.9 Å². The van der Waals surface area contributed by atoms with Gasteiger partial charge in [0.1, 0.15) is 11.9 Å². The van der Waals surface area contributed by atoms with E-state index in [0.29, 0.717) is 33.2 Å². The fourth-order valence-electron chi connectivity index (χ4n) is 5.57. The Kier molecular flexibility index (Phi) is 5.09. The van der Waals surface area contributed by atoms with Crippen molar-refractivity contribution in [2.45, 2.75) is 62.7 Å². The van der Waals surface area contributed by atoms with Crippen LogP contribution >= 0.6 is 0 Å². The second-order valence-corrected chi connectivity index (χ2v) is 9.68. The van der Waals surface area contributed by atoms with E-state index in [4.69, 9.17) is 0 Å². The molecule has 2 unspecified atom stereocenters. The number of aldehydes is 1. The van der Waals surface area contributed by atoms with E-state index in [1.54, 1.807) is 44.2 Å². The van der Waals surface area contributed by atoms with Crippen molar-refractivity contribution in [3.05, 3.63) is 69.3 Å². The van der Waals surface area contributed by atoms with Crippen molar-refractivity contribution in [3.8, 4) is 0 Å². The lowest BCUT2D eigenvalue weighted by atomic mass is 9.64. The lowest BCUT2D eigenvalue weighted by Crippen LogP contribution is -2.49. The van der Waals surface area contributed by atoms with Crippen LogP contribution in [0.2, 0.25) is 0 Å². The van der Waals surface area contributed by atoms with Crippen LogP contribution < -0.4 is 10.9 Å². The molecule has 1 fully saturated rings. The summed E-state index contributed by atoms with van der Waals surface area (Å²) in [5, 5.41) is 3.20. The Morgan fingerprint density at radius 1 is 1.20 bits per heavy atom. The molecular weight excluding hydrogens is 469 g/mol. The molecule has 2 heterocycles. The summed E-state index contributed by atoms with van der Waals surface area (Å²) < 4.78 is 70.1. The number of aryl methyl sites for hydroxylation is 1. The number of alkyl halides is 5. The standard InChI is InChI=1S/C25H22F5N3O2/c1-13-7-16(14(2)31-18-6-4-3-5-15(18)10-34)20-17(8-13)21(35)33-19(25(28,29)30)9-23(22(33)32-20)11-24(26,27)12-23/h3-8,10,14,19,31H,9,11-12H2,1-2H3. The third-order valence-corrected chi connectivity index (χ3v) is 7.05. The quantitative estimate of drug-likeness (QED) is 0.367. The van der Waals surface area contributed by atoms with Gasteiger partial charge < -0.3 is 5.32 Å². The van der Waals surface area contributed by atoms with Gasteiger partial charge in [0, 0.05) is 35.1 Å². The summed E-state index contributed by atoms with van der Waals surface area (Å²) in [6, 6.07) is 7.32. The molecule has 1 aromatic heterocycles. The number of anilines is 1. The van der Waals surface area contributed by atoms with Crippen molar-refractivity contribution in [2.75, 3.05) is 5.32 Å². The highest BCUT2D eigenvalue weighted by molar-refractivity contribution is 5.86. The predicted octanol–water partition coefficient (Wildman–Crippen LogP) is 5.86. The van der Waals surface area contributed by atoms with Crippen LogP contribution in [0.1, 0.15) is 65.6 Å². The van der Waals surface area contributed by atoms with Gasteiger partial charge in [-0.15, -0.1) is 0 Å². The maximum atomic E-state index is 13.9. The molecule has 1 spiro atoms. The number of hydrogen-bond acceptors (Lipinski definition) is 4. The molecule has 1 aliphatic carbocycles. The van der Waals surface area contributed by atoms with E-state index in [1.165, 1.54) is 6.07 Å². The van der Waals surface area contributed by atoms with Crippen LogP contribution in [0.4, 0.5) is 27.6 Å². The van der Waals surface area contributed by atoms with Gasteiger partial charge in [0.15, 0.2) is 6.29 Å². The molecule has 5 rings (SSSR count). The Balaban J connectivity index is 1.70. The number of aromatic nitrogens is 2. The molecule has 2 aliphatic rings. The molecule has 2 atom stereocenters. The van der Waals surface area contributed by atoms with Crippen LogP contribution in [-0.2, 0) is 5.41 Å². The molecule has 184 valence electrons. The number of nitrogens with zero attached hydrogens (tertiary/aromatic N) is 2. The average Bonchev–Trinajstić information content (AvgIpc) is 3.08. The van der Waals surface area contributed by atoms with Gasteiger partial charge in [0.05, 0.1) is 16.9 Å². The van der Waals surface area contributed by atoms with Gasteiger partial charge in [0.25, 0.3) is 5.56 Å². The van der Waals surface area contributed by atoms with E-state index in [2.05, 4.69) is 10.3 Å². The summed E-state index contributed by atoms with van der Waals surface area (Å²) in [6.45, 7) is 3.48. The summed E-state index contributed by atoms with van der Waals surface area (Å²) in [4.78, 5) is 29.3. The number of halogens is 5. The topological polar surface area (TPSA) is 64.0 Å². The van der Waals surface area contributed by atoms with Gasteiger partial charge >= 0.3 is 6.18 Å². The number of benzene rings is 2. The monoisotopic (exact) mass is 491 g/mol. The van der Waals surface area contributed by atoms with E-state index in [-0.39, 0.29) is 16.7 Å². The SMILES string of the molecule is Cc1cc(C(C)Nc2ccccc2C=O)c2nc3n(c(=O)c2c1)C(C(F)(F)F)CC31CC(F)(F)C1. The van der Waals surface area contributed by atoms with Crippen molar-refractivity contribution in [1.29, 1.82) is 0 Å². The molecule has 1 N–H and O–H groups in total. The highest BCUT2D eigenvalue weighted by atomic mass is 19.4. The first kappa shape index (κ1) is 23.4. The van der Waals surface area contributed by atoms with Crippen molar-refractivity contribution < 1.29 is 26.7 Å². The Hall–Kier alpha value is -3.30. The molecular formula is C25H22F5N3O2. The van der Waals surface area contributed by atoms with E-state index in [1.807, 2.05) is 0 Å². The lowest BCUT2D eigenvalue weighted by Gasteiger charge is -2.44. The molecule has 0 saturated heterocycles. The van der Waals surface area contributed by atoms with Gasteiger partial charge in [-0.1, -0.05) is 18.2 Å². The summed E-state index contributed by atoms with van der Waals surface area (Å²) in [5.74, 6) is -3.32. The van der Waals surface area contributed by atoms with E-state index in [0.717, 1.165) is 0 Å². The van der Waals surface area contributed by atoms with Gasteiger partial charge in [-0.25, -0.2) is 13.8 Å². The first-order valence-corrected chi connectivity index (χ1v) is 11.2. The second kappa shape index (κ2) is 7.60. The van der Waals surface area contributed by atoms with Crippen LogP contribution in [0.25, 0.3) is 10.9 Å². The first-order valence-electron chi connectivity index (χ1n) is 11.2. The van der Waals surface area contributed by atoms with Crippen molar-refractivity contribution in [1.82, 2.24) is 9.55 Å². The van der Waals surface area contributed by atoms with Crippen LogP contribution in [0.3, 0.4) is 0 Å². The summed E-state index contributed by atoms with van der Waals surface area (Å²) in [6.07, 6.45) is -6.25. The Morgan fingerprint density at radius 2 is 1.89 bits per heavy atom. The molecule has 5 nitrogen and oxygen atoms in total. The van der Waals surface area contributed by atoms with Crippen molar-refractivity contribution in [2.24, 2.45) is 0 Å². The first-order chi connectivity index (χ1) is 16.3. The minimum absolute atomic E-state index is 0.00143. The summed E-state index contributed by atoms with van der Waals surface area (Å²) in [7, 11) is 0. The normalized spacial score (nSPS) is 20.9. The molecule has 0 radical (unpaired) electrons. The van der Waals surface area contributed by atoms with Gasteiger partial charge in [-0.2, -0.15) is 13.2 Å². The van der Waals surface area contributed by atoms with Gasteiger partial charge in [-0.3, -0.25) is 14.2 Å². The number of hydrogen-bond donors (Lipinski definition) is 1. The molecule has 35 heavy (non-hydrogen) atoms. The largest absolute Gasteiger partial charge is 0.409 e. The minimum atomic E-state index is -4.78. The highest BCUT2D eigenvalue weighted by Gasteiger charge is 2.66. The zero-order valence-corrected chi connectivity index (χ0v) is 18.9. The Bertz CT molecular complexity index is 1400. The van der Waals surface area contributed by atoms with Gasteiger partial charge in [0.2, 0.25) is 5.92 Å². The van der Waals surface area contributed by atoms with Gasteiger partial charge in [-0.05, 0) is 44.0 Å². The maximum absolute atomic E-state index is 13.9. The van der Waals surface area contributed by atoms with Crippen LogP contribution in [-0.4, -0.2) is 27.9 Å². The third kappa shape index (κ3) is 3.70.